The molecule has 0 atom stereocenters. The fourth-order valence-electron chi connectivity index (χ4n) is 2.05. The van der Waals surface area contributed by atoms with Crippen molar-refractivity contribution in [2.45, 2.75) is 15.7 Å². The van der Waals surface area contributed by atoms with Gasteiger partial charge in [-0.15, -0.1) is 5.10 Å². The molecule has 118 valence electrons. The number of nitrogens with zero attached hydrogens (tertiary/aromatic N) is 2. The molecule has 0 radical (unpaired) electrons. The van der Waals surface area contributed by atoms with Crippen molar-refractivity contribution in [1.82, 2.24) is 15.4 Å². The number of benzene rings is 2. The van der Waals surface area contributed by atoms with E-state index in [0.717, 1.165) is 21.9 Å². The number of hydrogen-bond donors (Lipinski definition) is 2. The van der Waals surface area contributed by atoms with Crippen LogP contribution >= 0.6 is 11.8 Å². The number of nitrogens with one attached hydrogen (secondary N) is 1. The standard InChI is InChI=1S/C15H14N4O2S2/c16-23(20,21)14-7-5-13(6-8-14)12-3-1-11(2-4-12)10-22-15-9-17-19-18-15/h1-9H,10H2,(H2,16,20,21)(H,17,18,19). The summed E-state index contributed by atoms with van der Waals surface area (Å²) in [5.74, 6) is 0.803. The molecule has 3 N–H and O–H groups in total. The quantitative estimate of drug-likeness (QED) is 0.691. The summed E-state index contributed by atoms with van der Waals surface area (Å²) in [5, 5.41) is 16.3. The van der Waals surface area contributed by atoms with Crippen molar-refractivity contribution in [2.75, 3.05) is 0 Å². The van der Waals surface area contributed by atoms with Gasteiger partial charge in [0.2, 0.25) is 10.0 Å². The molecular formula is C15H14N4O2S2. The number of aromatic amines is 1. The molecule has 0 fully saturated rings. The van der Waals surface area contributed by atoms with Gasteiger partial charge < -0.3 is 0 Å². The third-order valence-electron chi connectivity index (χ3n) is 3.25. The fourth-order valence-corrected chi connectivity index (χ4v) is 3.30. The molecule has 0 saturated carbocycles. The predicted octanol–water partition coefficient (Wildman–Crippen LogP) is 2.41. The molecule has 2 aromatic carbocycles. The van der Waals surface area contributed by atoms with Crippen molar-refractivity contribution < 1.29 is 8.42 Å². The van der Waals surface area contributed by atoms with Crippen LogP contribution in [-0.2, 0) is 15.8 Å². The molecule has 3 aromatic rings. The van der Waals surface area contributed by atoms with E-state index >= 15 is 0 Å². The average Bonchev–Trinajstić information content (AvgIpc) is 3.06. The van der Waals surface area contributed by atoms with Crippen LogP contribution < -0.4 is 5.14 Å². The lowest BCUT2D eigenvalue weighted by molar-refractivity contribution is 0.598. The monoisotopic (exact) mass is 346 g/mol. The third kappa shape index (κ3) is 3.98. The van der Waals surface area contributed by atoms with Gasteiger partial charge in [-0.2, -0.15) is 10.3 Å². The summed E-state index contributed by atoms with van der Waals surface area (Å²) in [6.07, 6.45) is 1.69. The van der Waals surface area contributed by atoms with Crippen LogP contribution in [0.25, 0.3) is 11.1 Å². The number of hydrogen-bond acceptors (Lipinski definition) is 5. The van der Waals surface area contributed by atoms with Crippen molar-refractivity contribution in [3.8, 4) is 11.1 Å². The molecule has 3 rings (SSSR count). The normalized spacial score (nSPS) is 11.5. The Kier molecular flexibility index (Phi) is 4.46. The number of thioether (sulfide) groups is 1. The topological polar surface area (TPSA) is 102 Å². The van der Waals surface area contributed by atoms with Gasteiger partial charge in [0.15, 0.2) is 0 Å². The van der Waals surface area contributed by atoms with Crippen LogP contribution in [0.1, 0.15) is 5.56 Å². The number of rotatable bonds is 5. The van der Waals surface area contributed by atoms with E-state index in [9.17, 15) is 8.42 Å². The summed E-state index contributed by atoms with van der Waals surface area (Å²) < 4.78 is 22.5. The van der Waals surface area contributed by atoms with E-state index in [-0.39, 0.29) is 4.90 Å². The van der Waals surface area contributed by atoms with E-state index in [4.69, 9.17) is 5.14 Å². The highest BCUT2D eigenvalue weighted by molar-refractivity contribution is 7.98. The van der Waals surface area contributed by atoms with Gasteiger partial charge in [0.1, 0.15) is 5.03 Å². The van der Waals surface area contributed by atoms with Gasteiger partial charge in [0.25, 0.3) is 0 Å². The van der Waals surface area contributed by atoms with Crippen molar-refractivity contribution in [3.05, 3.63) is 60.3 Å². The molecule has 1 aromatic heterocycles. The number of H-pyrrole nitrogens is 1. The molecule has 0 saturated heterocycles. The van der Waals surface area contributed by atoms with E-state index in [1.165, 1.54) is 17.7 Å². The van der Waals surface area contributed by atoms with Crippen LogP contribution in [0.5, 0.6) is 0 Å². The summed E-state index contributed by atoms with van der Waals surface area (Å²) in [4.78, 5) is 0.113. The predicted molar refractivity (Wildman–Crippen MR) is 89.2 cm³/mol. The van der Waals surface area contributed by atoms with Crippen LogP contribution in [0.2, 0.25) is 0 Å². The lowest BCUT2D eigenvalue weighted by atomic mass is 10.0. The Hall–Kier alpha value is -2.16. The lowest BCUT2D eigenvalue weighted by Crippen LogP contribution is -2.11. The largest absolute Gasteiger partial charge is 0.238 e. The molecule has 0 unspecified atom stereocenters. The number of sulfonamides is 1. The molecule has 0 aliphatic heterocycles. The average molecular weight is 346 g/mol. The number of nitrogens with two attached hydrogens (primary N) is 1. The zero-order valence-electron chi connectivity index (χ0n) is 12.0. The molecule has 0 bridgehead atoms. The summed E-state index contributed by atoms with van der Waals surface area (Å²) in [6, 6.07) is 14.6. The Balaban J connectivity index is 1.71. The smallest absolute Gasteiger partial charge is 0.225 e. The number of primary sulfonamides is 1. The minimum Gasteiger partial charge on any atom is -0.225 e. The second-order valence-electron chi connectivity index (χ2n) is 4.86. The Labute approximate surface area is 138 Å². The number of aromatic nitrogens is 3. The Morgan fingerprint density at radius 3 is 2.13 bits per heavy atom. The minimum absolute atomic E-state index is 0.113. The molecule has 23 heavy (non-hydrogen) atoms. The van der Waals surface area contributed by atoms with E-state index in [1.807, 2.05) is 24.3 Å². The summed E-state index contributed by atoms with van der Waals surface area (Å²) in [6.45, 7) is 0. The highest BCUT2D eigenvalue weighted by Gasteiger charge is 2.07. The van der Waals surface area contributed by atoms with Crippen molar-refractivity contribution in [1.29, 1.82) is 0 Å². The zero-order valence-corrected chi connectivity index (χ0v) is 13.6. The third-order valence-corrected chi connectivity index (χ3v) is 5.15. The van der Waals surface area contributed by atoms with Crippen molar-refractivity contribution >= 4 is 21.8 Å². The molecule has 6 nitrogen and oxygen atoms in total. The second-order valence-corrected chi connectivity index (χ2v) is 7.42. The zero-order chi connectivity index (χ0) is 16.3. The fraction of sp³-hybridized carbons (Fsp3) is 0.0667. The van der Waals surface area contributed by atoms with Gasteiger partial charge in [-0.25, -0.2) is 13.6 Å². The first-order valence-electron chi connectivity index (χ1n) is 6.73. The Bertz CT molecular complexity index is 874. The van der Waals surface area contributed by atoms with Crippen LogP contribution in [0, 0.1) is 0 Å². The molecule has 0 aliphatic rings. The summed E-state index contributed by atoms with van der Waals surface area (Å²) in [5.41, 5.74) is 3.12. The highest BCUT2D eigenvalue weighted by atomic mass is 32.2. The van der Waals surface area contributed by atoms with E-state index in [1.54, 1.807) is 30.1 Å². The first kappa shape index (κ1) is 15.7. The maximum atomic E-state index is 11.3. The van der Waals surface area contributed by atoms with E-state index in [2.05, 4.69) is 15.4 Å². The van der Waals surface area contributed by atoms with Crippen LogP contribution in [0.4, 0.5) is 0 Å². The molecule has 0 amide bonds. The first-order chi connectivity index (χ1) is 11.0. The maximum absolute atomic E-state index is 11.3. The summed E-state index contributed by atoms with van der Waals surface area (Å²) >= 11 is 1.60. The SMILES string of the molecule is NS(=O)(=O)c1ccc(-c2ccc(CSc3cn[nH]n3)cc2)cc1. The summed E-state index contributed by atoms with van der Waals surface area (Å²) in [7, 11) is -3.65. The van der Waals surface area contributed by atoms with Gasteiger partial charge in [-0.3, -0.25) is 0 Å². The van der Waals surface area contributed by atoms with Gasteiger partial charge in [-0.1, -0.05) is 48.2 Å². The van der Waals surface area contributed by atoms with E-state index < -0.39 is 10.0 Å². The van der Waals surface area contributed by atoms with Crippen LogP contribution in [0.15, 0.2) is 64.6 Å². The Morgan fingerprint density at radius 2 is 1.61 bits per heavy atom. The lowest BCUT2D eigenvalue weighted by Gasteiger charge is -2.05. The second kappa shape index (κ2) is 6.53. The maximum Gasteiger partial charge on any atom is 0.238 e. The van der Waals surface area contributed by atoms with Crippen LogP contribution in [0.3, 0.4) is 0 Å². The van der Waals surface area contributed by atoms with Crippen molar-refractivity contribution in [3.63, 3.8) is 0 Å². The first-order valence-corrected chi connectivity index (χ1v) is 9.26. The highest BCUT2D eigenvalue weighted by Crippen LogP contribution is 2.24. The van der Waals surface area contributed by atoms with Crippen LogP contribution in [-0.4, -0.2) is 23.8 Å². The molecule has 0 aliphatic carbocycles. The van der Waals surface area contributed by atoms with Gasteiger partial charge in [0.05, 0.1) is 11.1 Å². The van der Waals surface area contributed by atoms with E-state index in [0.29, 0.717) is 0 Å². The van der Waals surface area contributed by atoms with Gasteiger partial charge in [-0.05, 0) is 28.8 Å². The van der Waals surface area contributed by atoms with Crippen molar-refractivity contribution in [2.24, 2.45) is 5.14 Å². The van der Waals surface area contributed by atoms with Gasteiger partial charge in [0, 0.05) is 5.75 Å². The molecular weight excluding hydrogens is 332 g/mol. The van der Waals surface area contributed by atoms with Gasteiger partial charge >= 0.3 is 0 Å². The minimum atomic E-state index is -3.65. The Morgan fingerprint density at radius 1 is 1.00 bits per heavy atom. The molecule has 8 heteroatoms. The molecule has 1 heterocycles. The molecule has 0 spiro atoms.